The summed E-state index contributed by atoms with van der Waals surface area (Å²) in [6.45, 7) is 0. The molecule has 88 valence electrons. The van der Waals surface area contributed by atoms with Crippen molar-refractivity contribution in [3.63, 3.8) is 0 Å². The normalized spacial score (nSPS) is 10.2. The molecule has 0 aliphatic carbocycles. The van der Waals surface area contributed by atoms with Gasteiger partial charge in [0.2, 0.25) is 0 Å². The lowest BCUT2D eigenvalue weighted by molar-refractivity contribution is 0.0595. The number of ether oxygens (including phenoxy) is 1. The molecular weight excluding hydrogens is 245 g/mol. The summed E-state index contributed by atoms with van der Waals surface area (Å²) in [7, 11) is 1.22. The van der Waals surface area contributed by atoms with E-state index in [1.54, 1.807) is 6.07 Å². The van der Waals surface area contributed by atoms with Crippen LogP contribution in [0.2, 0.25) is 0 Å². The predicted molar refractivity (Wildman–Crippen MR) is 61.7 cm³/mol. The van der Waals surface area contributed by atoms with E-state index < -0.39 is 11.8 Å². The Bertz CT molecular complexity index is 617. The number of benzene rings is 1. The maximum atomic E-state index is 13.1. The van der Waals surface area contributed by atoms with E-state index >= 15 is 0 Å². The molecular formula is C11H8FNO3S. The van der Waals surface area contributed by atoms with E-state index in [1.807, 2.05) is 0 Å². The first-order valence-corrected chi connectivity index (χ1v) is 5.51. The lowest BCUT2D eigenvalue weighted by Gasteiger charge is -2.01. The molecule has 0 spiro atoms. The first kappa shape index (κ1) is 11.5. The van der Waals surface area contributed by atoms with Crippen LogP contribution in [0.5, 0.6) is 0 Å². The number of aromatic nitrogens is 1. The number of H-pyrrole nitrogens is 1. The Hall–Kier alpha value is -1.95. The SMILES string of the molecule is COC(=O)c1[nH]c(=O)sc1-c1cccc(F)c1. The van der Waals surface area contributed by atoms with Gasteiger partial charge in [0.05, 0.1) is 12.0 Å². The van der Waals surface area contributed by atoms with Crippen LogP contribution in [0, 0.1) is 5.82 Å². The maximum Gasteiger partial charge on any atom is 0.356 e. The van der Waals surface area contributed by atoms with Gasteiger partial charge in [0, 0.05) is 0 Å². The zero-order valence-corrected chi connectivity index (χ0v) is 9.64. The third kappa shape index (κ3) is 2.26. The lowest BCUT2D eigenvalue weighted by Crippen LogP contribution is -2.06. The van der Waals surface area contributed by atoms with Crippen LogP contribution in [0.1, 0.15) is 10.5 Å². The zero-order chi connectivity index (χ0) is 12.4. The molecule has 1 N–H and O–H groups in total. The number of rotatable bonds is 2. The van der Waals surface area contributed by atoms with Gasteiger partial charge in [-0.3, -0.25) is 4.79 Å². The van der Waals surface area contributed by atoms with Crippen molar-refractivity contribution in [1.82, 2.24) is 4.98 Å². The van der Waals surface area contributed by atoms with Crippen LogP contribution in [0.3, 0.4) is 0 Å². The minimum absolute atomic E-state index is 0.0492. The van der Waals surface area contributed by atoms with Gasteiger partial charge < -0.3 is 9.72 Å². The van der Waals surface area contributed by atoms with Gasteiger partial charge in [-0.2, -0.15) is 0 Å². The summed E-state index contributed by atoms with van der Waals surface area (Å²) in [5.41, 5.74) is 0.516. The Balaban J connectivity index is 2.59. The molecule has 1 aromatic heterocycles. The van der Waals surface area contributed by atoms with Gasteiger partial charge in [-0.15, -0.1) is 0 Å². The van der Waals surface area contributed by atoms with Crippen LogP contribution in [-0.2, 0) is 4.74 Å². The third-order valence-corrected chi connectivity index (χ3v) is 3.06. The number of esters is 1. The van der Waals surface area contributed by atoms with Crippen molar-refractivity contribution in [3.8, 4) is 10.4 Å². The van der Waals surface area contributed by atoms with Crippen molar-refractivity contribution in [2.24, 2.45) is 0 Å². The molecule has 4 nitrogen and oxygen atoms in total. The second-order valence-corrected chi connectivity index (χ2v) is 4.20. The van der Waals surface area contributed by atoms with Crippen molar-refractivity contribution >= 4 is 17.3 Å². The lowest BCUT2D eigenvalue weighted by atomic mass is 10.1. The van der Waals surface area contributed by atoms with Crippen LogP contribution in [0.4, 0.5) is 4.39 Å². The molecule has 0 radical (unpaired) electrons. The highest BCUT2D eigenvalue weighted by Crippen LogP contribution is 2.26. The number of halogens is 1. The topological polar surface area (TPSA) is 59.2 Å². The molecule has 0 saturated carbocycles. The van der Waals surface area contributed by atoms with E-state index in [9.17, 15) is 14.0 Å². The van der Waals surface area contributed by atoms with Crippen LogP contribution < -0.4 is 4.87 Å². The predicted octanol–water partition coefficient (Wildman–Crippen LogP) is 2.03. The van der Waals surface area contributed by atoms with Gasteiger partial charge in [0.15, 0.2) is 0 Å². The van der Waals surface area contributed by atoms with Gasteiger partial charge in [0.1, 0.15) is 11.5 Å². The number of carbonyl (C=O) groups is 1. The van der Waals surface area contributed by atoms with Crippen molar-refractivity contribution in [3.05, 3.63) is 45.4 Å². The summed E-state index contributed by atoms with van der Waals surface area (Å²) in [5.74, 6) is -1.08. The third-order valence-electron chi connectivity index (χ3n) is 2.13. The highest BCUT2D eigenvalue weighted by molar-refractivity contribution is 7.13. The summed E-state index contributed by atoms with van der Waals surface area (Å²) < 4.78 is 17.6. The molecule has 6 heteroatoms. The Morgan fingerprint density at radius 3 is 2.88 bits per heavy atom. The summed E-state index contributed by atoms with van der Waals surface area (Å²) in [6, 6.07) is 5.67. The Morgan fingerprint density at radius 2 is 2.24 bits per heavy atom. The molecule has 2 rings (SSSR count). The van der Waals surface area contributed by atoms with Gasteiger partial charge >= 0.3 is 10.8 Å². The number of aromatic amines is 1. The first-order valence-electron chi connectivity index (χ1n) is 4.69. The minimum Gasteiger partial charge on any atom is -0.464 e. The Morgan fingerprint density at radius 1 is 1.47 bits per heavy atom. The van der Waals surface area contributed by atoms with Crippen molar-refractivity contribution < 1.29 is 13.9 Å². The average Bonchev–Trinajstić information content (AvgIpc) is 2.70. The van der Waals surface area contributed by atoms with Gasteiger partial charge in [-0.25, -0.2) is 9.18 Å². The van der Waals surface area contributed by atoms with E-state index in [1.165, 1.54) is 25.3 Å². The molecule has 17 heavy (non-hydrogen) atoms. The van der Waals surface area contributed by atoms with Crippen molar-refractivity contribution in [1.29, 1.82) is 0 Å². The molecule has 0 aliphatic rings. The molecule has 1 aromatic carbocycles. The largest absolute Gasteiger partial charge is 0.464 e. The molecule has 0 fully saturated rings. The van der Waals surface area contributed by atoms with Crippen molar-refractivity contribution in [2.45, 2.75) is 0 Å². The fraction of sp³-hybridized carbons (Fsp3) is 0.0909. The molecule has 0 atom stereocenters. The molecule has 2 aromatic rings. The second-order valence-electron chi connectivity index (χ2n) is 3.22. The highest BCUT2D eigenvalue weighted by atomic mass is 32.1. The van der Waals surface area contributed by atoms with E-state index in [0.29, 0.717) is 10.4 Å². The molecule has 0 bridgehead atoms. The second kappa shape index (κ2) is 4.50. The van der Waals surface area contributed by atoms with Crippen LogP contribution >= 0.6 is 11.3 Å². The summed E-state index contributed by atoms with van der Waals surface area (Å²) in [5, 5.41) is 0. The van der Waals surface area contributed by atoms with Gasteiger partial charge in [-0.1, -0.05) is 23.5 Å². The highest BCUT2D eigenvalue weighted by Gasteiger charge is 2.17. The number of hydrogen-bond acceptors (Lipinski definition) is 4. The minimum atomic E-state index is -0.650. The summed E-state index contributed by atoms with van der Waals surface area (Å²) in [4.78, 5) is 25.0. The number of carbonyl (C=O) groups excluding carboxylic acids is 1. The fourth-order valence-corrected chi connectivity index (χ4v) is 2.23. The van der Waals surface area contributed by atoms with Crippen LogP contribution in [-0.4, -0.2) is 18.1 Å². The standard InChI is InChI=1S/C11H8FNO3S/c1-16-10(14)8-9(17-11(15)13-8)6-3-2-4-7(12)5-6/h2-5H,1H3,(H,13,15). The molecule has 1 heterocycles. The smallest absolute Gasteiger partial charge is 0.356 e. The summed E-state index contributed by atoms with van der Waals surface area (Å²) >= 11 is 0.841. The molecule has 0 saturated heterocycles. The van der Waals surface area contributed by atoms with Crippen molar-refractivity contribution in [2.75, 3.05) is 7.11 Å². The average molecular weight is 253 g/mol. The number of thiazole rings is 1. The summed E-state index contributed by atoms with van der Waals surface area (Å²) in [6.07, 6.45) is 0. The number of nitrogens with one attached hydrogen (secondary N) is 1. The zero-order valence-electron chi connectivity index (χ0n) is 8.82. The van der Waals surface area contributed by atoms with E-state index in [-0.39, 0.29) is 10.6 Å². The van der Waals surface area contributed by atoms with Crippen LogP contribution in [0.15, 0.2) is 29.1 Å². The van der Waals surface area contributed by atoms with Gasteiger partial charge in [0.25, 0.3) is 0 Å². The molecule has 0 aliphatic heterocycles. The molecule has 0 unspecified atom stereocenters. The Kier molecular flexibility index (Phi) is 3.06. The number of methoxy groups -OCH3 is 1. The quantitative estimate of drug-likeness (QED) is 0.833. The molecule has 0 amide bonds. The number of hydrogen-bond donors (Lipinski definition) is 1. The maximum absolute atomic E-state index is 13.1. The Labute approximate surface area is 99.7 Å². The van der Waals surface area contributed by atoms with E-state index in [2.05, 4.69) is 9.72 Å². The van der Waals surface area contributed by atoms with Gasteiger partial charge in [-0.05, 0) is 17.7 Å². The fourth-order valence-electron chi connectivity index (χ4n) is 1.41. The monoisotopic (exact) mass is 253 g/mol. The van der Waals surface area contributed by atoms with E-state index in [0.717, 1.165) is 11.3 Å². The first-order chi connectivity index (χ1) is 8.11. The van der Waals surface area contributed by atoms with Crippen LogP contribution in [0.25, 0.3) is 10.4 Å². The van der Waals surface area contributed by atoms with E-state index in [4.69, 9.17) is 0 Å².